The number of hydrogen-bond acceptors (Lipinski definition) is 5. The predicted octanol–water partition coefficient (Wildman–Crippen LogP) is 4.23. The number of rotatable bonds is 9. The highest BCUT2D eigenvalue weighted by atomic mass is 19.1. The van der Waals surface area contributed by atoms with Crippen LogP contribution in [-0.2, 0) is 4.79 Å². The van der Waals surface area contributed by atoms with Crippen LogP contribution < -0.4 is 4.74 Å². The minimum absolute atomic E-state index is 0.0394. The monoisotopic (exact) mass is 486 g/mol. The molecule has 184 valence electrons. The van der Waals surface area contributed by atoms with E-state index in [-0.39, 0.29) is 37.2 Å². The molecule has 0 bridgehead atoms. The summed E-state index contributed by atoms with van der Waals surface area (Å²) < 4.78 is 47.6. The van der Waals surface area contributed by atoms with Gasteiger partial charge in [-0.05, 0) is 42.8 Å². The molecule has 0 amide bonds. The molecule has 2 N–H and O–H groups in total. The van der Waals surface area contributed by atoms with Crippen LogP contribution in [0.25, 0.3) is 17.0 Å². The summed E-state index contributed by atoms with van der Waals surface area (Å²) in [7, 11) is 1.48. The number of carboxylic acids is 1. The normalized spacial score (nSPS) is 16.4. The van der Waals surface area contributed by atoms with Gasteiger partial charge in [0.2, 0.25) is 0 Å². The van der Waals surface area contributed by atoms with Crippen molar-refractivity contribution in [1.29, 1.82) is 0 Å². The zero-order valence-electron chi connectivity index (χ0n) is 19.0. The summed E-state index contributed by atoms with van der Waals surface area (Å²) in [6.45, 7) is 0.155. The quantitative estimate of drug-likeness (QED) is 0.471. The van der Waals surface area contributed by atoms with E-state index in [0.717, 1.165) is 24.4 Å². The van der Waals surface area contributed by atoms with Gasteiger partial charge in [-0.3, -0.25) is 14.7 Å². The largest absolute Gasteiger partial charge is 0.497 e. The second-order valence-electron chi connectivity index (χ2n) is 8.67. The molecule has 0 spiro atoms. The molecule has 2 heterocycles. The first kappa shape index (κ1) is 24.7. The van der Waals surface area contributed by atoms with E-state index in [0.29, 0.717) is 23.2 Å². The summed E-state index contributed by atoms with van der Waals surface area (Å²) in [5, 5.41) is 20.4. The number of ether oxygens (including phenoxy) is 1. The first-order valence-corrected chi connectivity index (χ1v) is 11.1. The molecule has 0 saturated carbocycles. The summed E-state index contributed by atoms with van der Waals surface area (Å²) in [5.74, 6) is -3.23. The summed E-state index contributed by atoms with van der Waals surface area (Å²) in [6, 6.07) is 8.12. The van der Waals surface area contributed by atoms with Crippen LogP contribution in [0.4, 0.5) is 13.2 Å². The van der Waals surface area contributed by atoms with Crippen molar-refractivity contribution >= 4 is 22.9 Å². The van der Waals surface area contributed by atoms with Gasteiger partial charge in [0, 0.05) is 48.7 Å². The van der Waals surface area contributed by atoms with Crippen LogP contribution in [0.5, 0.6) is 5.75 Å². The predicted molar refractivity (Wildman–Crippen MR) is 125 cm³/mol. The van der Waals surface area contributed by atoms with Crippen molar-refractivity contribution in [3.8, 4) is 5.75 Å². The molecule has 6 nitrogen and oxygen atoms in total. The van der Waals surface area contributed by atoms with E-state index >= 15 is 4.39 Å². The molecule has 0 aliphatic carbocycles. The first-order chi connectivity index (χ1) is 16.8. The molecule has 1 fully saturated rings. The average molecular weight is 486 g/mol. The van der Waals surface area contributed by atoms with Gasteiger partial charge in [-0.25, -0.2) is 13.2 Å². The SMILES string of the molecule is COc1ccc2ncc(F)c(C(CCO)C3(C(=O)O)CN(C/C=C/c4cc(F)ccc4F)C3)c2c1. The van der Waals surface area contributed by atoms with Gasteiger partial charge in [-0.15, -0.1) is 0 Å². The molecule has 2 aromatic carbocycles. The number of benzene rings is 2. The maximum Gasteiger partial charge on any atom is 0.312 e. The molecule has 1 unspecified atom stereocenters. The Kier molecular flexibility index (Phi) is 7.09. The number of aliphatic hydroxyl groups is 1. The van der Waals surface area contributed by atoms with E-state index in [1.807, 2.05) is 4.90 Å². The lowest BCUT2D eigenvalue weighted by molar-refractivity contribution is -0.163. The van der Waals surface area contributed by atoms with E-state index in [1.165, 1.54) is 13.2 Å². The van der Waals surface area contributed by atoms with Crippen LogP contribution in [0.3, 0.4) is 0 Å². The summed E-state index contributed by atoms with van der Waals surface area (Å²) in [5.41, 5.74) is -0.587. The maximum atomic E-state index is 15.2. The Labute approximate surface area is 200 Å². The number of halogens is 3. The number of aromatic nitrogens is 1. The Morgan fingerprint density at radius 2 is 1.97 bits per heavy atom. The van der Waals surface area contributed by atoms with Gasteiger partial charge in [-0.2, -0.15) is 0 Å². The van der Waals surface area contributed by atoms with E-state index < -0.39 is 34.8 Å². The fourth-order valence-corrected chi connectivity index (χ4v) is 4.83. The van der Waals surface area contributed by atoms with Gasteiger partial charge in [0.1, 0.15) is 28.6 Å². The molecule has 0 radical (unpaired) electrons. The van der Waals surface area contributed by atoms with Crippen molar-refractivity contribution in [1.82, 2.24) is 9.88 Å². The number of carbonyl (C=O) groups is 1. The number of likely N-dealkylation sites (tertiary alicyclic amines) is 1. The van der Waals surface area contributed by atoms with Crippen molar-refractivity contribution in [2.75, 3.05) is 33.4 Å². The van der Waals surface area contributed by atoms with Crippen molar-refractivity contribution in [3.63, 3.8) is 0 Å². The number of methoxy groups -OCH3 is 1. The molecule has 1 atom stereocenters. The Morgan fingerprint density at radius 3 is 2.66 bits per heavy atom. The fourth-order valence-electron chi connectivity index (χ4n) is 4.83. The van der Waals surface area contributed by atoms with Crippen molar-refractivity contribution in [2.24, 2.45) is 5.41 Å². The minimum Gasteiger partial charge on any atom is -0.497 e. The van der Waals surface area contributed by atoms with Crippen LogP contribution in [-0.4, -0.2) is 59.4 Å². The Morgan fingerprint density at radius 1 is 1.20 bits per heavy atom. The highest BCUT2D eigenvalue weighted by Gasteiger charge is 2.55. The van der Waals surface area contributed by atoms with Crippen LogP contribution in [0, 0.1) is 22.9 Å². The highest BCUT2D eigenvalue weighted by Crippen LogP contribution is 2.48. The van der Waals surface area contributed by atoms with Crippen molar-refractivity contribution in [3.05, 3.63) is 77.2 Å². The average Bonchev–Trinajstić information content (AvgIpc) is 2.81. The van der Waals surface area contributed by atoms with Crippen molar-refractivity contribution in [2.45, 2.75) is 12.3 Å². The van der Waals surface area contributed by atoms with Gasteiger partial charge in [0.15, 0.2) is 0 Å². The molecule has 1 aromatic heterocycles. The van der Waals surface area contributed by atoms with Crippen LogP contribution in [0.1, 0.15) is 23.5 Å². The zero-order chi connectivity index (χ0) is 25.2. The van der Waals surface area contributed by atoms with E-state index in [2.05, 4.69) is 4.98 Å². The lowest BCUT2D eigenvalue weighted by Crippen LogP contribution is -2.63. The fraction of sp³-hybridized carbons (Fsp3) is 0.308. The van der Waals surface area contributed by atoms with E-state index in [1.54, 1.807) is 24.3 Å². The topological polar surface area (TPSA) is 82.9 Å². The molecule has 1 aliphatic heterocycles. The Balaban J connectivity index is 1.63. The number of carboxylic acid groups (broad SMARTS) is 1. The van der Waals surface area contributed by atoms with E-state index in [4.69, 9.17) is 4.74 Å². The van der Waals surface area contributed by atoms with Crippen LogP contribution in [0.2, 0.25) is 0 Å². The van der Waals surface area contributed by atoms with Gasteiger partial charge in [0.05, 0.1) is 18.8 Å². The molecule has 1 aliphatic rings. The second kappa shape index (κ2) is 10.1. The summed E-state index contributed by atoms with van der Waals surface area (Å²) in [6.07, 6.45) is 4.17. The third-order valence-corrected chi connectivity index (χ3v) is 6.56. The zero-order valence-corrected chi connectivity index (χ0v) is 19.0. The molecule has 9 heteroatoms. The lowest BCUT2D eigenvalue weighted by atomic mass is 9.64. The third-order valence-electron chi connectivity index (χ3n) is 6.56. The number of hydrogen-bond donors (Lipinski definition) is 2. The smallest absolute Gasteiger partial charge is 0.312 e. The number of fused-ring (bicyclic) bond motifs is 1. The summed E-state index contributed by atoms with van der Waals surface area (Å²) in [4.78, 5) is 18.4. The highest BCUT2D eigenvalue weighted by molar-refractivity contribution is 5.86. The maximum absolute atomic E-state index is 15.2. The van der Waals surface area contributed by atoms with Gasteiger partial charge < -0.3 is 14.9 Å². The molecular weight excluding hydrogens is 461 g/mol. The number of aliphatic hydroxyl groups excluding tert-OH is 1. The lowest BCUT2D eigenvalue weighted by Gasteiger charge is -2.51. The van der Waals surface area contributed by atoms with Crippen molar-refractivity contribution < 1.29 is 32.9 Å². The molecule has 3 aromatic rings. The van der Waals surface area contributed by atoms with Crippen LogP contribution in [0.15, 0.2) is 48.7 Å². The number of pyridine rings is 1. The molecule has 4 rings (SSSR count). The number of nitrogens with zero attached hydrogens (tertiary/aromatic N) is 2. The standard InChI is InChI=1S/C26H25F3N2O4/c1-35-18-5-7-23-19(12-18)24(22(29)13-30-23)20(8-10-32)26(25(33)34)14-31(15-26)9-2-3-16-11-17(27)4-6-21(16)28/h2-7,11-13,20,32H,8-10,14-15H2,1H3,(H,33,34)/b3-2+. The molecule has 35 heavy (non-hydrogen) atoms. The van der Waals surface area contributed by atoms with Crippen LogP contribution >= 0.6 is 0 Å². The number of aliphatic carboxylic acids is 1. The Hall–Kier alpha value is -3.43. The molecule has 1 saturated heterocycles. The summed E-state index contributed by atoms with van der Waals surface area (Å²) >= 11 is 0. The third kappa shape index (κ3) is 4.74. The van der Waals surface area contributed by atoms with Gasteiger partial charge >= 0.3 is 5.97 Å². The Bertz CT molecular complexity index is 1270. The minimum atomic E-state index is -1.35. The first-order valence-electron chi connectivity index (χ1n) is 11.1. The van der Waals surface area contributed by atoms with E-state index in [9.17, 15) is 23.8 Å². The van der Waals surface area contributed by atoms with Gasteiger partial charge in [0.25, 0.3) is 0 Å². The second-order valence-corrected chi connectivity index (χ2v) is 8.67. The van der Waals surface area contributed by atoms with Gasteiger partial charge in [-0.1, -0.05) is 12.2 Å². The molecular formula is C26H25F3N2O4.